The quantitative estimate of drug-likeness (QED) is 0.397. The molecule has 2 rings (SSSR count). The van der Waals surface area contributed by atoms with Crippen LogP contribution in [0.1, 0.15) is 56.5 Å². The van der Waals surface area contributed by atoms with Gasteiger partial charge in [-0.2, -0.15) is 0 Å². The maximum atomic E-state index is 13.7. The third-order valence-electron chi connectivity index (χ3n) is 6.12. The molecule has 0 bridgehead atoms. The summed E-state index contributed by atoms with van der Waals surface area (Å²) in [5.74, 6) is -0.420. The Balaban J connectivity index is 2.47. The first-order valence-corrected chi connectivity index (χ1v) is 14.1. The van der Waals surface area contributed by atoms with Gasteiger partial charge in [0.05, 0.1) is 19.1 Å². The lowest BCUT2D eigenvalue weighted by Crippen LogP contribution is -2.53. The van der Waals surface area contributed by atoms with E-state index in [1.807, 2.05) is 13.8 Å². The molecule has 0 fully saturated rings. The number of ether oxygens (including phenoxy) is 1. The minimum Gasteiger partial charge on any atom is -0.497 e. The number of hydrogen-bond donors (Lipinski definition) is 1. The molecule has 202 valence electrons. The van der Waals surface area contributed by atoms with Crippen molar-refractivity contribution in [2.75, 3.05) is 24.2 Å². The molecule has 0 aliphatic carbocycles. The van der Waals surface area contributed by atoms with Crippen molar-refractivity contribution in [3.63, 3.8) is 0 Å². The molecule has 2 amide bonds. The molecule has 10 heteroatoms. The fourth-order valence-electron chi connectivity index (χ4n) is 3.78. The molecule has 0 heterocycles. The van der Waals surface area contributed by atoms with Crippen molar-refractivity contribution in [2.45, 2.75) is 59.2 Å². The summed E-state index contributed by atoms with van der Waals surface area (Å²) in [5.41, 5.74) is 1.28. The van der Waals surface area contributed by atoms with Crippen molar-refractivity contribution in [1.82, 2.24) is 10.2 Å². The molecule has 0 aromatic heterocycles. The lowest BCUT2D eigenvalue weighted by Gasteiger charge is -2.33. The van der Waals surface area contributed by atoms with E-state index < -0.39 is 28.5 Å². The normalized spacial score (nSPS) is 12.8. The number of carbonyl (C=O) groups is 3. The summed E-state index contributed by atoms with van der Waals surface area (Å²) in [6.07, 6.45) is 2.06. The van der Waals surface area contributed by atoms with Gasteiger partial charge in [-0.25, -0.2) is 8.42 Å². The molecular weight excluding hydrogens is 494 g/mol. The van der Waals surface area contributed by atoms with E-state index in [0.717, 1.165) is 22.5 Å². The molecule has 0 radical (unpaired) electrons. The summed E-state index contributed by atoms with van der Waals surface area (Å²) in [7, 11) is -2.34. The van der Waals surface area contributed by atoms with Gasteiger partial charge in [-0.3, -0.25) is 18.7 Å². The molecule has 0 saturated carbocycles. The van der Waals surface area contributed by atoms with Crippen molar-refractivity contribution in [1.29, 1.82) is 0 Å². The number of hydrogen-bond acceptors (Lipinski definition) is 6. The summed E-state index contributed by atoms with van der Waals surface area (Å²) in [4.78, 5) is 40.2. The van der Waals surface area contributed by atoms with E-state index in [1.165, 1.54) is 24.0 Å². The number of ketones is 1. The highest BCUT2D eigenvalue weighted by molar-refractivity contribution is 7.92. The molecule has 0 aliphatic rings. The predicted octanol–water partition coefficient (Wildman–Crippen LogP) is 3.39. The van der Waals surface area contributed by atoms with Gasteiger partial charge < -0.3 is 15.0 Å². The number of nitrogens with zero attached hydrogens (tertiary/aromatic N) is 2. The van der Waals surface area contributed by atoms with Crippen LogP contribution in [-0.2, 0) is 26.2 Å². The number of rotatable bonds is 13. The highest BCUT2D eigenvalue weighted by atomic mass is 32.2. The van der Waals surface area contributed by atoms with Crippen LogP contribution in [0.3, 0.4) is 0 Å². The number of benzene rings is 2. The van der Waals surface area contributed by atoms with E-state index in [1.54, 1.807) is 50.4 Å². The second kappa shape index (κ2) is 13.2. The van der Waals surface area contributed by atoms with Crippen molar-refractivity contribution in [2.24, 2.45) is 0 Å². The third-order valence-corrected chi connectivity index (χ3v) is 7.26. The zero-order chi connectivity index (χ0) is 27.8. The number of carbonyl (C=O) groups excluding carboxylic acids is 3. The fraction of sp³-hybridized carbons (Fsp3) is 0.444. The number of nitrogens with one attached hydrogen (secondary N) is 1. The van der Waals surface area contributed by atoms with Crippen LogP contribution in [0, 0.1) is 0 Å². The molecule has 0 spiro atoms. The second-order valence-electron chi connectivity index (χ2n) is 8.99. The van der Waals surface area contributed by atoms with E-state index in [0.29, 0.717) is 17.7 Å². The van der Waals surface area contributed by atoms with E-state index in [9.17, 15) is 22.8 Å². The topological polar surface area (TPSA) is 113 Å². The van der Waals surface area contributed by atoms with E-state index in [2.05, 4.69) is 5.32 Å². The number of Topliss-reactive ketones (excluding diaryl/α,β-unsaturated/α-hetero) is 1. The highest BCUT2D eigenvalue weighted by Gasteiger charge is 2.32. The van der Waals surface area contributed by atoms with Crippen molar-refractivity contribution >= 4 is 33.3 Å². The smallest absolute Gasteiger partial charge is 0.244 e. The zero-order valence-corrected chi connectivity index (χ0v) is 23.2. The number of anilines is 1. The first-order valence-electron chi connectivity index (χ1n) is 12.2. The Morgan fingerprint density at radius 3 is 2.19 bits per heavy atom. The Kier molecular flexibility index (Phi) is 10.7. The molecule has 37 heavy (non-hydrogen) atoms. The van der Waals surface area contributed by atoms with Crippen molar-refractivity contribution in [3.05, 3.63) is 59.7 Å². The fourth-order valence-corrected chi connectivity index (χ4v) is 4.62. The van der Waals surface area contributed by atoms with E-state index in [4.69, 9.17) is 4.74 Å². The van der Waals surface area contributed by atoms with Crippen LogP contribution in [0.25, 0.3) is 0 Å². The van der Waals surface area contributed by atoms with Gasteiger partial charge in [0.2, 0.25) is 21.8 Å². The first-order chi connectivity index (χ1) is 17.4. The number of amides is 2. The molecule has 2 atom stereocenters. The highest BCUT2D eigenvalue weighted by Crippen LogP contribution is 2.22. The maximum absolute atomic E-state index is 13.7. The molecule has 0 aliphatic heterocycles. The summed E-state index contributed by atoms with van der Waals surface area (Å²) >= 11 is 0. The third kappa shape index (κ3) is 8.31. The first kappa shape index (κ1) is 29.8. The lowest BCUT2D eigenvalue weighted by atomic mass is 10.1. The van der Waals surface area contributed by atoms with Crippen LogP contribution in [0.15, 0.2) is 48.5 Å². The van der Waals surface area contributed by atoms with Crippen molar-refractivity contribution in [3.8, 4) is 5.75 Å². The minimum absolute atomic E-state index is 0.0821. The van der Waals surface area contributed by atoms with Gasteiger partial charge in [0.1, 0.15) is 18.3 Å². The van der Waals surface area contributed by atoms with Gasteiger partial charge in [-0.15, -0.1) is 0 Å². The molecule has 2 unspecified atom stereocenters. The largest absolute Gasteiger partial charge is 0.497 e. The van der Waals surface area contributed by atoms with Crippen LogP contribution >= 0.6 is 0 Å². The van der Waals surface area contributed by atoms with Crippen molar-refractivity contribution < 1.29 is 27.5 Å². The van der Waals surface area contributed by atoms with Crippen LogP contribution in [0.5, 0.6) is 5.75 Å². The number of methoxy groups -OCH3 is 1. The van der Waals surface area contributed by atoms with Crippen LogP contribution in [0.4, 0.5) is 5.69 Å². The number of sulfonamides is 1. The molecule has 9 nitrogen and oxygen atoms in total. The molecule has 2 aromatic carbocycles. The Morgan fingerprint density at radius 2 is 1.68 bits per heavy atom. The molecule has 0 saturated heterocycles. The van der Waals surface area contributed by atoms with Gasteiger partial charge in [0, 0.05) is 18.2 Å². The summed E-state index contributed by atoms with van der Waals surface area (Å²) < 4.78 is 31.6. The average molecular weight is 532 g/mol. The zero-order valence-electron chi connectivity index (χ0n) is 22.4. The second-order valence-corrected chi connectivity index (χ2v) is 10.9. The lowest BCUT2D eigenvalue weighted by molar-refractivity contribution is -0.140. The predicted molar refractivity (Wildman–Crippen MR) is 144 cm³/mol. The van der Waals surface area contributed by atoms with Gasteiger partial charge in [0.15, 0.2) is 5.78 Å². The molecular formula is C27H37N3O6S. The molecule has 1 N–H and O–H groups in total. The minimum atomic E-state index is -3.89. The summed E-state index contributed by atoms with van der Waals surface area (Å²) in [5, 5.41) is 2.93. The Labute approximate surface area is 219 Å². The van der Waals surface area contributed by atoms with Gasteiger partial charge in [0.25, 0.3) is 0 Å². The van der Waals surface area contributed by atoms with E-state index >= 15 is 0 Å². The van der Waals surface area contributed by atoms with Gasteiger partial charge in [-0.05, 0) is 56.5 Å². The Morgan fingerprint density at radius 1 is 1.03 bits per heavy atom. The van der Waals surface area contributed by atoms with Crippen LogP contribution < -0.4 is 14.4 Å². The SMILES string of the molecule is CCC(C)NC(=O)C(CC)N(Cc1ccc(OC)cc1)C(=O)CN(c1cccc(C(C)=O)c1)S(C)(=O)=O. The summed E-state index contributed by atoms with van der Waals surface area (Å²) in [6, 6.07) is 12.3. The van der Waals surface area contributed by atoms with Gasteiger partial charge >= 0.3 is 0 Å². The maximum Gasteiger partial charge on any atom is 0.244 e. The Hall–Kier alpha value is -3.40. The monoisotopic (exact) mass is 531 g/mol. The molecule has 2 aromatic rings. The van der Waals surface area contributed by atoms with E-state index in [-0.39, 0.29) is 30.0 Å². The van der Waals surface area contributed by atoms with Crippen LogP contribution in [0.2, 0.25) is 0 Å². The average Bonchev–Trinajstić information content (AvgIpc) is 2.86. The van der Waals surface area contributed by atoms with Crippen LogP contribution in [-0.4, -0.2) is 62.9 Å². The standard InChI is InChI=1S/C27H37N3O6S/c1-7-19(3)28-27(33)25(8-2)29(17-21-12-14-24(36-5)15-13-21)26(32)18-30(37(6,34)35)23-11-9-10-22(16-23)20(4)31/h9-16,19,25H,7-8,17-18H2,1-6H3,(H,28,33). The Bertz CT molecular complexity index is 1200. The summed E-state index contributed by atoms with van der Waals surface area (Å²) in [6.45, 7) is 6.59. The van der Waals surface area contributed by atoms with Gasteiger partial charge in [-0.1, -0.05) is 38.1 Å².